The standard InChI is InChI=1S/C40H34N4O7/c1-24-9-15-28(16-10-24)38(45)48-21-31-34(50-39(46)29-17-11-25(2)12-18-29)35(51-40(47)30-19-13-26(3)14-20-30)37(49-31)44-23-43-33-32(41-22-42-36(33)44)27-7-5-4-6-8-27/h4-20,22-23,31,34-35,37H,21H2,1-3H3/t31-,34?,35?,37-/m1/s1. The van der Waals surface area contributed by atoms with Crippen molar-refractivity contribution < 1.29 is 33.3 Å². The van der Waals surface area contributed by atoms with E-state index in [4.69, 9.17) is 18.9 Å². The average Bonchev–Trinajstić information content (AvgIpc) is 3.72. The SMILES string of the molecule is Cc1ccc(C(=O)OC[C@H]2O[C@@H](n3cnc4c(-c5ccccc5)ncnc43)C(OC(=O)c3ccc(C)cc3)C2OC(=O)c2ccc(C)cc2)cc1. The van der Waals surface area contributed by atoms with Crippen molar-refractivity contribution in [2.24, 2.45) is 0 Å². The lowest BCUT2D eigenvalue weighted by Gasteiger charge is -2.25. The summed E-state index contributed by atoms with van der Waals surface area (Å²) in [6.07, 6.45) is -1.64. The number of esters is 3. The molecule has 0 saturated carbocycles. The summed E-state index contributed by atoms with van der Waals surface area (Å²) < 4.78 is 26.1. The largest absolute Gasteiger partial charge is 0.459 e. The Hall–Kier alpha value is -6.20. The molecule has 1 fully saturated rings. The van der Waals surface area contributed by atoms with E-state index in [1.165, 1.54) is 12.7 Å². The van der Waals surface area contributed by atoms with Crippen molar-refractivity contribution in [3.63, 3.8) is 0 Å². The van der Waals surface area contributed by atoms with E-state index in [1.54, 1.807) is 77.4 Å². The molecule has 4 atom stereocenters. The molecule has 4 aromatic carbocycles. The number of ether oxygens (including phenoxy) is 4. The van der Waals surface area contributed by atoms with Crippen LogP contribution in [0.2, 0.25) is 0 Å². The van der Waals surface area contributed by atoms with Gasteiger partial charge in [-0.25, -0.2) is 29.3 Å². The third kappa shape index (κ3) is 7.10. The van der Waals surface area contributed by atoms with E-state index < -0.39 is 42.4 Å². The van der Waals surface area contributed by atoms with Crippen LogP contribution in [0.3, 0.4) is 0 Å². The van der Waals surface area contributed by atoms with Gasteiger partial charge in [0.2, 0.25) is 0 Å². The number of imidazole rings is 1. The predicted octanol–water partition coefficient (Wildman–Crippen LogP) is 6.62. The molecule has 0 amide bonds. The molecule has 6 aromatic rings. The minimum absolute atomic E-state index is 0.288. The normalized spacial score (nSPS) is 18.3. The van der Waals surface area contributed by atoms with Crippen molar-refractivity contribution in [2.75, 3.05) is 6.61 Å². The fourth-order valence-electron chi connectivity index (χ4n) is 5.87. The maximum absolute atomic E-state index is 13.7. The van der Waals surface area contributed by atoms with Gasteiger partial charge in [-0.15, -0.1) is 0 Å². The molecule has 1 saturated heterocycles. The smallest absolute Gasteiger partial charge is 0.338 e. The van der Waals surface area contributed by atoms with E-state index in [0.29, 0.717) is 28.0 Å². The molecule has 0 aliphatic carbocycles. The first-order valence-electron chi connectivity index (χ1n) is 16.4. The van der Waals surface area contributed by atoms with Gasteiger partial charge < -0.3 is 18.9 Å². The number of hydrogen-bond donors (Lipinski definition) is 0. The lowest BCUT2D eigenvalue weighted by Crippen LogP contribution is -2.41. The van der Waals surface area contributed by atoms with E-state index in [2.05, 4.69) is 15.0 Å². The van der Waals surface area contributed by atoms with Gasteiger partial charge in [0.15, 0.2) is 24.1 Å². The van der Waals surface area contributed by atoms with Crippen LogP contribution < -0.4 is 0 Å². The number of carbonyl (C=O) groups is 3. The highest BCUT2D eigenvalue weighted by Crippen LogP contribution is 2.37. The highest BCUT2D eigenvalue weighted by Gasteiger charge is 2.52. The highest BCUT2D eigenvalue weighted by molar-refractivity contribution is 5.91. The molecule has 2 aromatic heterocycles. The van der Waals surface area contributed by atoms with Crippen LogP contribution in [0.15, 0.2) is 116 Å². The second-order valence-electron chi connectivity index (χ2n) is 12.4. The summed E-state index contributed by atoms with van der Waals surface area (Å²) in [5.41, 5.74) is 6.14. The Morgan fingerprint density at radius 1 is 0.647 bits per heavy atom. The molecule has 0 radical (unpaired) electrons. The minimum atomic E-state index is -1.22. The molecule has 1 aliphatic rings. The maximum Gasteiger partial charge on any atom is 0.338 e. The van der Waals surface area contributed by atoms with E-state index in [1.807, 2.05) is 51.1 Å². The Bertz CT molecular complexity index is 2180. The van der Waals surface area contributed by atoms with Crippen molar-refractivity contribution in [1.29, 1.82) is 0 Å². The Labute approximate surface area is 293 Å². The number of carbonyl (C=O) groups excluding carboxylic acids is 3. The van der Waals surface area contributed by atoms with Crippen LogP contribution in [0.4, 0.5) is 0 Å². The first kappa shape index (κ1) is 33.3. The number of hydrogen-bond acceptors (Lipinski definition) is 10. The van der Waals surface area contributed by atoms with Crippen LogP contribution >= 0.6 is 0 Å². The van der Waals surface area contributed by atoms with Gasteiger partial charge in [-0.1, -0.05) is 83.4 Å². The molecule has 1 aliphatic heterocycles. The second-order valence-corrected chi connectivity index (χ2v) is 12.4. The first-order valence-corrected chi connectivity index (χ1v) is 16.4. The quantitative estimate of drug-likeness (QED) is 0.121. The predicted molar refractivity (Wildman–Crippen MR) is 187 cm³/mol. The molecular weight excluding hydrogens is 648 g/mol. The summed E-state index contributed by atoms with van der Waals surface area (Å²) in [4.78, 5) is 54.1. The average molecular weight is 683 g/mol. The minimum Gasteiger partial charge on any atom is -0.459 e. The monoisotopic (exact) mass is 682 g/mol. The van der Waals surface area contributed by atoms with Gasteiger partial charge in [0.1, 0.15) is 30.2 Å². The Morgan fingerprint density at radius 2 is 1.18 bits per heavy atom. The third-order valence-electron chi connectivity index (χ3n) is 8.69. The molecule has 0 spiro atoms. The zero-order chi connectivity index (χ0) is 35.5. The highest BCUT2D eigenvalue weighted by atomic mass is 16.7. The molecule has 7 rings (SSSR count). The number of aryl methyl sites for hydroxylation is 3. The maximum atomic E-state index is 13.7. The Balaban J connectivity index is 1.28. The first-order chi connectivity index (χ1) is 24.7. The Kier molecular flexibility index (Phi) is 9.36. The third-order valence-corrected chi connectivity index (χ3v) is 8.69. The molecule has 256 valence electrons. The van der Waals surface area contributed by atoms with E-state index >= 15 is 0 Å². The number of rotatable bonds is 9. The molecule has 11 heteroatoms. The molecule has 51 heavy (non-hydrogen) atoms. The fourth-order valence-corrected chi connectivity index (χ4v) is 5.87. The zero-order valence-corrected chi connectivity index (χ0v) is 28.1. The van der Waals surface area contributed by atoms with Crippen molar-refractivity contribution in [2.45, 2.75) is 45.3 Å². The van der Waals surface area contributed by atoms with Crippen LogP contribution in [0, 0.1) is 20.8 Å². The lowest BCUT2D eigenvalue weighted by molar-refractivity contribution is -0.0606. The van der Waals surface area contributed by atoms with Crippen LogP contribution in [0.5, 0.6) is 0 Å². The molecule has 11 nitrogen and oxygen atoms in total. The fraction of sp³-hybridized carbons (Fsp3) is 0.200. The van der Waals surface area contributed by atoms with Gasteiger partial charge in [-0.05, 0) is 57.2 Å². The molecule has 0 bridgehead atoms. The van der Waals surface area contributed by atoms with Crippen LogP contribution in [0.1, 0.15) is 54.0 Å². The molecule has 2 unspecified atom stereocenters. The summed E-state index contributed by atoms with van der Waals surface area (Å²) in [5, 5.41) is 0. The number of nitrogens with zero attached hydrogens (tertiary/aromatic N) is 4. The number of fused-ring (bicyclic) bond motifs is 1. The topological polar surface area (TPSA) is 132 Å². The second kappa shape index (κ2) is 14.3. The van der Waals surface area contributed by atoms with Crippen molar-refractivity contribution in [3.8, 4) is 11.3 Å². The van der Waals surface area contributed by atoms with Gasteiger partial charge in [0.05, 0.1) is 23.0 Å². The zero-order valence-electron chi connectivity index (χ0n) is 28.1. The lowest BCUT2D eigenvalue weighted by atomic mass is 10.1. The van der Waals surface area contributed by atoms with Gasteiger partial charge in [0, 0.05) is 5.56 Å². The molecule has 0 N–H and O–H groups in total. The van der Waals surface area contributed by atoms with Crippen molar-refractivity contribution >= 4 is 29.1 Å². The number of benzene rings is 4. The summed E-state index contributed by atoms with van der Waals surface area (Å²) >= 11 is 0. The number of aromatic nitrogens is 4. The summed E-state index contributed by atoms with van der Waals surface area (Å²) in [6.45, 7) is 5.42. The van der Waals surface area contributed by atoms with Crippen LogP contribution in [0.25, 0.3) is 22.4 Å². The van der Waals surface area contributed by atoms with Gasteiger partial charge in [0.25, 0.3) is 0 Å². The molecule has 3 heterocycles. The molecular formula is C40H34N4O7. The summed E-state index contributed by atoms with van der Waals surface area (Å²) in [6, 6.07) is 30.3. The van der Waals surface area contributed by atoms with Gasteiger partial charge >= 0.3 is 17.9 Å². The van der Waals surface area contributed by atoms with Crippen molar-refractivity contribution in [3.05, 3.63) is 149 Å². The van der Waals surface area contributed by atoms with Crippen molar-refractivity contribution in [1.82, 2.24) is 19.5 Å². The van der Waals surface area contributed by atoms with E-state index in [9.17, 15) is 14.4 Å². The van der Waals surface area contributed by atoms with Crippen LogP contribution in [-0.2, 0) is 18.9 Å². The van der Waals surface area contributed by atoms with Crippen LogP contribution in [-0.4, -0.2) is 62.3 Å². The Morgan fingerprint density at radius 3 is 1.75 bits per heavy atom. The van der Waals surface area contributed by atoms with Gasteiger partial charge in [-0.2, -0.15) is 0 Å². The summed E-state index contributed by atoms with van der Waals surface area (Å²) in [7, 11) is 0. The van der Waals surface area contributed by atoms with E-state index in [0.717, 1.165) is 22.3 Å². The van der Waals surface area contributed by atoms with Gasteiger partial charge in [-0.3, -0.25) is 4.57 Å². The van der Waals surface area contributed by atoms with E-state index in [-0.39, 0.29) is 12.2 Å². The summed E-state index contributed by atoms with van der Waals surface area (Å²) in [5.74, 6) is -1.92.